The number of nitrogens with one attached hydrogen (secondary N) is 2. The SMILES string of the molecule is COc1cc(OC)cc(C(C)(C)OC(=O)N[C@H](C)C(=O)NCCc2cc([N+](=O)[O-])cc([N+](=O)[O-])c2Br)c1. The van der Waals surface area contributed by atoms with Crippen molar-refractivity contribution in [3.05, 3.63) is 66.2 Å². The van der Waals surface area contributed by atoms with Gasteiger partial charge >= 0.3 is 6.09 Å². The van der Waals surface area contributed by atoms with E-state index in [-0.39, 0.29) is 23.0 Å². The molecule has 0 saturated heterocycles. The number of methoxy groups -OCH3 is 2. The van der Waals surface area contributed by atoms with E-state index in [0.717, 1.165) is 6.07 Å². The average Bonchev–Trinajstić information content (AvgIpc) is 2.83. The van der Waals surface area contributed by atoms with Crippen molar-refractivity contribution >= 4 is 39.3 Å². The second-order valence-corrected chi connectivity index (χ2v) is 9.15. The van der Waals surface area contributed by atoms with Crippen molar-refractivity contribution in [2.45, 2.75) is 38.8 Å². The minimum atomic E-state index is -1.09. The highest BCUT2D eigenvalue weighted by Gasteiger charge is 2.28. The van der Waals surface area contributed by atoms with Gasteiger partial charge in [-0.15, -0.1) is 0 Å². The second kappa shape index (κ2) is 12.3. The Morgan fingerprint density at radius 3 is 2.14 bits per heavy atom. The number of nitrogens with zero attached hydrogens (tertiary/aromatic N) is 2. The molecule has 0 bridgehead atoms. The van der Waals surface area contributed by atoms with E-state index >= 15 is 0 Å². The number of hydrogen-bond acceptors (Lipinski definition) is 9. The Bertz CT molecular complexity index is 1180. The third-order valence-electron chi connectivity index (χ3n) is 5.34. The number of carbonyl (C=O) groups is 2. The molecule has 0 aromatic heterocycles. The van der Waals surface area contributed by atoms with Crippen LogP contribution in [-0.4, -0.2) is 48.7 Å². The first-order valence-corrected chi connectivity index (χ1v) is 11.7. The van der Waals surface area contributed by atoms with E-state index in [0.29, 0.717) is 17.1 Å². The van der Waals surface area contributed by atoms with E-state index in [2.05, 4.69) is 26.6 Å². The van der Waals surface area contributed by atoms with E-state index in [4.69, 9.17) is 14.2 Å². The third kappa shape index (κ3) is 7.77. The molecular formula is C23H27BrN4O9. The van der Waals surface area contributed by atoms with E-state index in [1.165, 1.54) is 27.2 Å². The van der Waals surface area contributed by atoms with E-state index in [9.17, 15) is 29.8 Å². The van der Waals surface area contributed by atoms with E-state index in [1.807, 2.05) is 0 Å². The van der Waals surface area contributed by atoms with Crippen LogP contribution in [0.2, 0.25) is 0 Å². The van der Waals surface area contributed by atoms with Crippen molar-refractivity contribution in [3.63, 3.8) is 0 Å². The monoisotopic (exact) mass is 582 g/mol. The van der Waals surface area contributed by atoms with Crippen LogP contribution >= 0.6 is 15.9 Å². The number of hydrogen-bond donors (Lipinski definition) is 2. The predicted molar refractivity (Wildman–Crippen MR) is 136 cm³/mol. The van der Waals surface area contributed by atoms with Crippen LogP contribution in [0, 0.1) is 20.2 Å². The number of alkyl carbamates (subject to hydrolysis) is 1. The molecule has 0 aliphatic carbocycles. The van der Waals surface area contributed by atoms with Crippen molar-refractivity contribution in [1.82, 2.24) is 10.6 Å². The Morgan fingerprint density at radius 1 is 1.03 bits per heavy atom. The van der Waals surface area contributed by atoms with Crippen LogP contribution in [0.15, 0.2) is 34.8 Å². The number of halogens is 1. The van der Waals surface area contributed by atoms with Crippen molar-refractivity contribution in [2.24, 2.45) is 0 Å². The maximum atomic E-state index is 12.5. The molecular weight excluding hydrogens is 556 g/mol. The number of non-ortho nitro benzene ring substituents is 1. The van der Waals surface area contributed by atoms with Gasteiger partial charge in [0.15, 0.2) is 0 Å². The van der Waals surface area contributed by atoms with Crippen molar-refractivity contribution in [1.29, 1.82) is 0 Å². The van der Waals surface area contributed by atoms with Gasteiger partial charge in [0.05, 0.1) is 34.6 Å². The first kappa shape index (κ1) is 29.3. The molecule has 200 valence electrons. The maximum absolute atomic E-state index is 12.5. The quantitative estimate of drug-likeness (QED) is 0.293. The Labute approximate surface area is 220 Å². The highest BCUT2D eigenvalue weighted by Crippen LogP contribution is 2.34. The Morgan fingerprint density at radius 2 is 1.62 bits per heavy atom. The lowest BCUT2D eigenvalue weighted by molar-refractivity contribution is -0.394. The zero-order valence-corrected chi connectivity index (χ0v) is 22.4. The Balaban J connectivity index is 1.99. The number of amides is 2. The molecule has 0 spiro atoms. The minimum Gasteiger partial charge on any atom is -0.497 e. The zero-order chi connectivity index (χ0) is 27.9. The van der Waals surface area contributed by atoms with Gasteiger partial charge in [0, 0.05) is 24.2 Å². The minimum absolute atomic E-state index is 0.00587. The summed E-state index contributed by atoms with van der Waals surface area (Å²) in [5.74, 6) is 0.480. The summed E-state index contributed by atoms with van der Waals surface area (Å²) in [6, 6.07) is 6.14. The topological polar surface area (TPSA) is 172 Å². The fourth-order valence-electron chi connectivity index (χ4n) is 3.26. The molecule has 0 unspecified atom stereocenters. The van der Waals surface area contributed by atoms with Gasteiger partial charge < -0.3 is 24.8 Å². The second-order valence-electron chi connectivity index (χ2n) is 8.36. The summed E-state index contributed by atoms with van der Waals surface area (Å²) in [4.78, 5) is 45.8. The third-order valence-corrected chi connectivity index (χ3v) is 6.25. The first-order valence-electron chi connectivity index (χ1n) is 10.9. The van der Waals surface area contributed by atoms with Crippen molar-refractivity contribution in [2.75, 3.05) is 20.8 Å². The van der Waals surface area contributed by atoms with Gasteiger partial charge in [-0.1, -0.05) is 0 Å². The fraction of sp³-hybridized carbons (Fsp3) is 0.391. The lowest BCUT2D eigenvalue weighted by Crippen LogP contribution is -2.46. The molecule has 2 N–H and O–H groups in total. The van der Waals surface area contributed by atoms with Crippen molar-refractivity contribution in [3.8, 4) is 11.5 Å². The van der Waals surface area contributed by atoms with Gasteiger partial charge in [-0.25, -0.2) is 4.79 Å². The number of nitro groups is 2. The molecule has 0 aliphatic rings. The largest absolute Gasteiger partial charge is 0.497 e. The van der Waals surface area contributed by atoms with Gasteiger partial charge in [-0.05, 0) is 60.8 Å². The summed E-state index contributed by atoms with van der Waals surface area (Å²) in [5, 5.41) is 27.3. The summed E-state index contributed by atoms with van der Waals surface area (Å²) in [6.07, 6.45) is -0.775. The number of rotatable bonds is 11. The number of nitro benzene ring substituents is 2. The molecule has 2 amide bonds. The van der Waals surface area contributed by atoms with Crippen LogP contribution in [0.4, 0.5) is 16.2 Å². The van der Waals surface area contributed by atoms with E-state index < -0.39 is 44.9 Å². The van der Waals surface area contributed by atoms with Gasteiger partial charge in [0.2, 0.25) is 5.91 Å². The standard InChI is InChI=1S/C23H27BrN4O9/c1-13(26-22(30)37-23(2,3)15-9-17(35-4)12-18(10-15)36-5)21(29)25-7-6-14-8-16(27(31)32)11-19(20(14)24)28(33)34/h8-13H,6-7H2,1-5H3,(H,25,29)(H,26,30)/t13-/m1/s1. The molecule has 0 saturated carbocycles. The molecule has 0 radical (unpaired) electrons. The summed E-state index contributed by atoms with van der Waals surface area (Å²) < 4.78 is 16.1. The van der Waals surface area contributed by atoms with Crippen molar-refractivity contribution < 1.29 is 33.6 Å². The summed E-state index contributed by atoms with van der Waals surface area (Å²) >= 11 is 3.09. The van der Waals surface area contributed by atoms with Crippen LogP contribution in [-0.2, 0) is 21.6 Å². The van der Waals surface area contributed by atoms with Crippen LogP contribution in [0.1, 0.15) is 31.9 Å². The van der Waals surface area contributed by atoms with Crippen LogP contribution in [0.25, 0.3) is 0 Å². The van der Waals surface area contributed by atoms with E-state index in [1.54, 1.807) is 32.0 Å². The summed E-state index contributed by atoms with van der Waals surface area (Å²) in [7, 11) is 3.00. The molecule has 1 atom stereocenters. The summed E-state index contributed by atoms with van der Waals surface area (Å²) in [5.41, 5.74) is -1.11. The van der Waals surface area contributed by atoms with Gasteiger partial charge in [0.1, 0.15) is 23.1 Å². The predicted octanol–water partition coefficient (Wildman–Crippen LogP) is 3.99. The first-order chi connectivity index (χ1) is 17.3. The normalized spacial score (nSPS) is 11.7. The molecule has 2 aromatic carbocycles. The zero-order valence-electron chi connectivity index (χ0n) is 20.8. The molecule has 0 aliphatic heterocycles. The molecule has 0 heterocycles. The summed E-state index contributed by atoms with van der Waals surface area (Å²) in [6.45, 7) is 4.79. The number of ether oxygens (including phenoxy) is 3. The molecule has 0 fully saturated rings. The molecule has 2 rings (SSSR count). The highest BCUT2D eigenvalue weighted by molar-refractivity contribution is 9.10. The molecule has 13 nitrogen and oxygen atoms in total. The highest BCUT2D eigenvalue weighted by atomic mass is 79.9. The lowest BCUT2D eigenvalue weighted by Gasteiger charge is -2.27. The fourth-order valence-corrected chi connectivity index (χ4v) is 3.83. The van der Waals surface area contributed by atoms with Crippen LogP contribution in [0.3, 0.4) is 0 Å². The van der Waals surface area contributed by atoms with Crippen LogP contribution < -0.4 is 20.1 Å². The number of benzene rings is 2. The average molecular weight is 583 g/mol. The Kier molecular flexibility index (Phi) is 9.77. The van der Waals surface area contributed by atoms with Gasteiger partial charge in [0.25, 0.3) is 11.4 Å². The Hall–Kier alpha value is -3.94. The van der Waals surface area contributed by atoms with Gasteiger partial charge in [-0.2, -0.15) is 0 Å². The molecule has 37 heavy (non-hydrogen) atoms. The number of carbonyl (C=O) groups excluding carboxylic acids is 2. The van der Waals surface area contributed by atoms with Gasteiger partial charge in [-0.3, -0.25) is 25.0 Å². The molecule has 14 heteroatoms. The smallest absolute Gasteiger partial charge is 0.408 e. The molecule has 2 aromatic rings. The maximum Gasteiger partial charge on any atom is 0.408 e. The van der Waals surface area contributed by atoms with Crippen LogP contribution in [0.5, 0.6) is 11.5 Å². The lowest BCUT2D eigenvalue weighted by atomic mass is 9.97.